The van der Waals surface area contributed by atoms with Gasteiger partial charge in [0.1, 0.15) is 11.2 Å². The zero-order chi connectivity index (χ0) is 43.6. The molecule has 0 aliphatic heterocycles. The summed E-state index contributed by atoms with van der Waals surface area (Å²) in [5.41, 5.74) is 14.5. The standard InChI is InChI=1S/C64H41NO/c1-3-14-43(15-4-1)53-24-13-25-58-60-40-48(33-39-61(60)66-64(53)58)42-28-34-49(35-29-42)65(51-38-30-45-27-26-44-16-7-8-19-52(44)59(45)41-51)50-36-31-47(32-37-50)63-57-23-12-10-21-55(57)54-20-9-11-22-56(54)62(63)46-17-5-2-6-18-46/h1-41H. The number of hydrogen-bond acceptors (Lipinski definition) is 2. The number of hydrogen-bond donors (Lipinski definition) is 0. The Morgan fingerprint density at radius 1 is 0.258 bits per heavy atom. The maximum absolute atomic E-state index is 6.53. The summed E-state index contributed by atoms with van der Waals surface area (Å²) < 4.78 is 6.53. The van der Waals surface area contributed by atoms with E-state index in [1.165, 1.54) is 65.3 Å². The van der Waals surface area contributed by atoms with Crippen LogP contribution in [0.1, 0.15) is 0 Å². The minimum absolute atomic E-state index is 0.889. The van der Waals surface area contributed by atoms with Gasteiger partial charge in [-0.1, -0.05) is 200 Å². The maximum Gasteiger partial charge on any atom is 0.143 e. The van der Waals surface area contributed by atoms with Crippen molar-refractivity contribution in [3.05, 3.63) is 249 Å². The van der Waals surface area contributed by atoms with E-state index < -0.39 is 0 Å². The number of fused-ring (bicyclic) bond motifs is 9. The Balaban J connectivity index is 0.948. The summed E-state index contributed by atoms with van der Waals surface area (Å²) in [7, 11) is 0. The molecule has 0 unspecified atom stereocenters. The van der Waals surface area contributed by atoms with E-state index in [2.05, 4.69) is 254 Å². The molecule has 0 saturated carbocycles. The smallest absolute Gasteiger partial charge is 0.143 e. The van der Waals surface area contributed by atoms with Crippen molar-refractivity contribution in [2.45, 2.75) is 0 Å². The first kappa shape index (κ1) is 37.8. The first-order chi connectivity index (χ1) is 32.7. The van der Waals surface area contributed by atoms with Crippen LogP contribution in [0.25, 0.3) is 110 Å². The third-order valence-corrected chi connectivity index (χ3v) is 13.4. The number of rotatable bonds is 7. The van der Waals surface area contributed by atoms with Gasteiger partial charge in [0.05, 0.1) is 0 Å². The molecule has 0 N–H and O–H groups in total. The Kier molecular flexibility index (Phi) is 8.89. The molecule has 66 heavy (non-hydrogen) atoms. The molecule has 0 atom stereocenters. The summed E-state index contributed by atoms with van der Waals surface area (Å²) in [6.45, 7) is 0. The van der Waals surface area contributed by atoms with Gasteiger partial charge in [0.25, 0.3) is 0 Å². The summed E-state index contributed by atoms with van der Waals surface area (Å²) in [5.74, 6) is 0. The van der Waals surface area contributed by atoms with Crippen LogP contribution in [0.4, 0.5) is 17.1 Å². The SMILES string of the molecule is c1ccc(-c2c(-c3ccc(N(c4ccc(-c5ccc6oc7c(-c8ccccc8)cccc7c6c5)cc4)c4ccc5ccc6ccccc6c5c4)cc3)c3ccccc3c3ccccc23)cc1. The monoisotopic (exact) mass is 839 g/mol. The Morgan fingerprint density at radius 2 is 0.742 bits per heavy atom. The average molecular weight is 840 g/mol. The highest BCUT2D eigenvalue weighted by Gasteiger charge is 2.20. The molecule has 1 heterocycles. The zero-order valence-electron chi connectivity index (χ0n) is 36.0. The second-order valence-electron chi connectivity index (χ2n) is 17.2. The van der Waals surface area contributed by atoms with E-state index in [9.17, 15) is 0 Å². The predicted octanol–water partition coefficient (Wildman–Crippen LogP) is 18.3. The molecule has 13 aromatic rings. The molecule has 0 radical (unpaired) electrons. The molecular formula is C64H41NO. The van der Waals surface area contributed by atoms with Crippen molar-refractivity contribution in [1.29, 1.82) is 0 Å². The predicted molar refractivity (Wildman–Crippen MR) is 280 cm³/mol. The largest absolute Gasteiger partial charge is 0.455 e. The lowest BCUT2D eigenvalue weighted by molar-refractivity contribution is 0.670. The fraction of sp³-hybridized carbons (Fsp3) is 0. The Labute approximate surface area is 382 Å². The van der Waals surface area contributed by atoms with E-state index in [0.29, 0.717) is 0 Å². The van der Waals surface area contributed by atoms with Crippen molar-refractivity contribution in [1.82, 2.24) is 0 Å². The van der Waals surface area contributed by atoms with Gasteiger partial charge in [-0.3, -0.25) is 0 Å². The number of furan rings is 1. The van der Waals surface area contributed by atoms with Crippen LogP contribution in [-0.4, -0.2) is 0 Å². The van der Waals surface area contributed by atoms with Crippen LogP contribution in [0, 0.1) is 0 Å². The van der Waals surface area contributed by atoms with E-state index in [1.807, 2.05) is 0 Å². The molecule has 308 valence electrons. The normalized spacial score (nSPS) is 11.6. The van der Waals surface area contributed by atoms with Crippen LogP contribution < -0.4 is 4.90 Å². The number of anilines is 3. The van der Waals surface area contributed by atoms with Crippen LogP contribution in [0.2, 0.25) is 0 Å². The summed E-state index contributed by atoms with van der Waals surface area (Å²) in [6, 6.07) is 90.2. The van der Waals surface area contributed by atoms with Gasteiger partial charge in [0, 0.05) is 33.4 Å². The van der Waals surface area contributed by atoms with E-state index in [1.54, 1.807) is 0 Å². The van der Waals surface area contributed by atoms with Gasteiger partial charge in [-0.15, -0.1) is 0 Å². The van der Waals surface area contributed by atoms with Gasteiger partial charge < -0.3 is 9.32 Å². The van der Waals surface area contributed by atoms with Gasteiger partial charge in [-0.25, -0.2) is 0 Å². The van der Waals surface area contributed by atoms with E-state index >= 15 is 0 Å². The molecule has 0 fully saturated rings. The van der Waals surface area contributed by atoms with E-state index in [-0.39, 0.29) is 0 Å². The van der Waals surface area contributed by atoms with Gasteiger partial charge >= 0.3 is 0 Å². The lowest BCUT2D eigenvalue weighted by Crippen LogP contribution is -2.10. The van der Waals surface area contributed by atoms with Crippen molar-refractivity contribution in [2.24, 2.45) is 0 Å². The number of benzene rings is 12. The van der Waals surface area contributed by atoms with Crippen molar-refractivity contribution in [2.75, 3.05) is 4.90 Å². The zero-order valence-corrected chi connectivity index (χ0v) is 36.0. The van der Waals surface area contributed by atoms with Crippen molar-refractivity contribution < 1.29 is 4.42 Å². The average Bonchev–Trinajstić information content (AvgIpc) is 3.78. The third-order valence-electron chi connectivity index (χ3n) is 13.4. The molecular weight excluding hydrogens is 799 g/mol. The lowest BCUT2D eigenvalue weighted by Gasteiger charge is -2.27. The summed E-state index contributed by atoms with van der Waals surface area (Å²) in [6.07, 6.45) is 0. The fourth-order valence-corrected chi connectivity index (χ4v) is 10.3. The van der Waals surface area contributed by atoms with Gasteiger partial charge in [0.2, 0.25) is 0 Å². The van der Waals surface area contributed by atoms with E-state index in [4.69, 9.17) is 4.42 Å². The van der Waals surface area contributed by atoms with Crippen LogP contribution in [0.15, 0.2) is 253 Å². The molecule has 0 bridgehead atoms. The van der Waals surface area contributed by atoms with Crippen molar-refractivity contribution >= 4 is 82.1 Å². The molecule has 12 aromatic carbocycles. The molecule has 0 saturated heterocycles. The number of nitrogens with zero attached hydrogens (tertiary/aromatic N) is 1. The van der Waals surface area contributed by atoms with Gasteiger partial charge in [-0.05, 0) is 131 Å². The Morgan fingerprint density at radius 3 is 1.41 bits per heavy atom. The molecule has 2 heteroatoms. The van der Waals surface area contributed by atoms with Crippen molar-refractivity contribution in [3.8, 4) is 44.5 Å². The molecule has 1 aromatic heterocycles. The third kappa shape index (κ3) is 6.26. The topological polar surface area (TPSA) is 16.4 Å². The lowest BCUT2D eigenvalue weighted by atomic mass is 9.85. The first-order valence-corrected chi connectivity index (χ1v) is 22.7. The highest BCUT2D eigenvalue weighted by Crippen LogP contribution is 2.46. The van der Waals surface area contributed by atoms with Crippen molar-refractivity contribution in [3.63, 3.8) is 0 Å². The Hall–Kier alpha value is -8.72. The molecule has 13 rings (SSSR count). The molecule has 0 spiro atoms. The van der Waals surface area contributed by atoms with Crippen LogP contribution in [0.5, 0.6) is 0 Å². The molecule has 0 aliphatic rings. The van der Waals surface area contributed by atoms with Crippen LogP contribution in [0.3, 0.4) is 0 Å². The van der Waals surface area contributed by atoms with E-state index in [0.717, 1.165) is 61.3 Å². The quantitative estimate of drug-likeness (QED) is 0.149. The first-order valence-electron chi connectivity index (χ1n) is 22.7. The van der Waals surface area contributed by atoms with Crippen LogP contribution in [-0.2, 0) is 0 Å². The molecule has 0 aliphatic carbocycles. The second-order valence-corrected chi connectivity index (χ2v) is 17.2. The maximum atomic E-state index is 6.53. The molecule has 0 amide bonds. The highest BCUT2D eigenvalue weighted by molar-refractivity contribution is 6.21. The second kappa shape index (κ2) is 15.5. The van der Waals surface area contributed by atoms with Gasteiger partial charge in [0.15, 0.2) is 0 Å². The summed E-state index contributed by atoms with van der Waals surface area (Å²) in [4.78, 5) is 2.39. The summed E-state index contributed by atoms with van der Waals surface area (Å²) >= 11 is 0. The fourth-order valence-electron chi connectivity index (χ4n) is 10.3. The number of para-hydroxylation sites is 1. The van der Waals surface area contributed by atoms with Gasteiger partial charge in [-0.2, -0.15) is 0 Å². The minimum Gasteiger partial charge on any atom is -0.455 e. The highest BCUT2D eigenvalue weighted by atomic mass is 16.3. The molecule has 2 nitrogen and oxygen atoms in total. The minimum atomic E-state index is 0.889. The summed E-state index contributed by atoms with van der Waals surface area (Å²) in [5, 5.41) is 12.2. The van der Waals surface area contributed by atoms with Crippen LogP contribution >= 0.6 is 0 Å². The Bertz CT molecular complexity index is 3960.